The second kappa shape index (κ2) is 9.27. The van der Waals surface area contributed by atoms with Gasteiger partial charge in [-0.25, -0.2) is 13.2 Å². The zero-order valence-electron chi connectivity index (χ0n) is 16.7. The van der Waals surface area contributed by atoms with Crippen molar-refractivity contribution >= 4 is 38.9 Å². The van der Waals surface area contributed by atoms with Gasteiger partial charge in [0.1, 0.15) is 9.96 Å². The number of thiophene rings is 1. The molecule has 0 fully saturated rings. The van der Waals surface area contributed by atoms with Gasteiger partial charge >= 0.3 is 5.97 Å². The molecule has 0 bridgehead atoms. The Labute approximate surface area is 174 Å². The molecule has 0 aliphatic rings. The third-order valence-corrected chi connectivity index (χ3v) is 6.70. The third kappa shape index (κ3) is 6.75. The van der Waals surface area contributed by atoms with Crippen molar-refractivity contribution in [2.75, 3.05) is 24.6 Å². The number of benzene rings is 1. The Morgan fingerprint density at radius 1 is 1.10 bits per heavy atom. The molecule has 0 aliphatic heterocycles. The van der Waals surface area contributed by atoms with Crippen LogP contribution in [0.4, 0.5) is 5.69 Å². The average Bonchev–Trinajstić information content (AvgIpc) is 3.19. The highest BCUT2D eigenvalue weighted by molar-refractivity contribution is 7.94. The van der Waals surface area contributed by atoms with Gasteiger partial charge in [0.15, 0.2) is 13.2 Å². The number of rotatable bonds is 8. The van der Waals surface area contributed by atoms with Crippen LogP contribution in [0.1, 0.15) is 20.8 Å². The molecule has 0 saturated heterocycles. The quantitative estimate of drug-likeness (QED) is 0.633. The number of hydrogen-bond donors (Lipinski definition) is 1. The molecule has 0 spiro atoms. The van der Waals surface area contributed by atoms with Gasteiger partial charge in [-0.2, -0.15) is 0 Å². The number of carbonyl (C=O) groups excluding carboxylic acids is 2. The summed E-state index contributed by atoms with van der Waals surface area (Å²) in [5.74, 6) is -0.715. The molecule has 1 aromatic carbocycles. The molecule has 8 nitrogen and oxygen atoms in total. The first-order valence-corrected chi connectivity index (χ1v) is 11.0. The average molecular weight is 441 g/mol. The van der Waals surface area contributed by atoms with Crippen molar-refractivity contribution in [2.45, 2.75) is 30.5 Å². The first-order valence-electron chi connectivity index (χ1n) is 8.71. The van der Waals surface area contributed by atoms with Crippen LogP contribution in [0, 0.1) is 0 Å². The largest absolute Gasteiger partial charge is 0.482 e. The number of sulfonamides is 1. The van der Waals surface area contributed by atoms with Crippen LogP contribution in [0.3, 0.4) is 0 Å². The zero-order chi connectivity index (χ0) is 21.7. The third-order valence-electron chi connectivity index (χ3n) is 3.55. The van der Waals surface area contributed by atoms with E-state index in [2.05, 4.69) is 5.32 Å². The molecule has 1 aromatic heterocycles. The standard InChI is InChI=1S/C19H24N2O6S2/c1-19(2,3)20-16(22)12-27-17(23)13-26-15-9-7-14(8-10-15)21(4)29(24,25)18-6-5-11-28-18/h5-11H,12-13H2,1-4H3,(H,20,22). The van der Waals surface area contributed by atoms with Crippen molar-refractivity contribution in [1.82, 2.24) is 5.32 Å². The summed E-state index contributed by atoms with van der Waals surface area (Å²) >= 11 is 1.14. The van der Waals surface area contributed by atoms with Crippen LogP contribution in [0.25, 0.3) is 0 Å². The van der Waals surface area contributed by atoms with E-state index < -0.39 is 27.4 Å². The van der Waals surface area contributed by atoms with Crippen molar-refractivity contribution in [3.05, 3.63) is 41.8 Å². The summed E-state index contributed by atoms with van der Waals surface area (Å²) in [5.41, 5.74) is 0.0403. The van der Waals surface area contributed by atoms with Crippen molar-refractivity contribution in [1.29, 1.82) is 0 Å². The summed E-state index contributed by atoms with van der Waals surface area (Å²) in [7, 11) is -2.15. The number of hydrogen-bond acceptors (Lipinski definition) is 7. The number of ether oxygens (including phenoxy) is 2. The lowest BCUT2D eigenvalue weighted by Gasteiger charge is -2.20. The Morgan fingerprint density at radius 3 is 2.31 bits per heavy atom. The second-order valence-electron chi connectivity index (χ2n) is 7.15. The SMILES string of the molecule is CN(c1ccc(OCC(=O)OCC(=O)NC(C)(C)C)cc1)S(=O)(=O)c1cccs1. The van der Waals surface area contributed by atoms with Gasteiger partial charge in [-0.15, -0.1) is 11.3 Å². The molecule has 158 valence electrons. The Balaban J connectivity index is 1.86. The summed E-state index contributed by atoms with van der Waals surface area (Å²) in [5, 5.41) is 4.38. The van der Waals surface area contributed by atoms with Crippen molar-refractivity contribution in [2.24, 2.45) is 0 Å². The molecule has 0 radical (unpaired) electrons. The van der Waals surface area contributed by atoms with E-state index >= 15 is 0 Å². The second-order valence-corrected chi connectivity index (χ2v) is 10.3. The molecule has 1 amide bonds. The van der Waals surface area contributed by atoms with E-state index in [-0.39, 0.29) is 17.4 Å². The van der Waals surface area contributed by atoms with Crippen LogP contribution in [0.2, 0.25) is 0 Å². The fourth-order valence-corrected chi connectivity index (χ4v) is 4.58. The smallest absolute Gasteiger partial charge is 0.344 e. The lowest BCUT2D eigenvalue weighted by Crippen LogP contribution is -2.43. The molecule has 10 heteroatoms. The number of nitrogens with zero attached hydrogens (tertiary/aromatic N) is 1. The topological polar surface area (TPSA) is 102 Å². The van der Waals surface area contributed by atoms with Crippen LogP contribution in [-0.4, -0.2) is 46.1 Å². The molecule has 2 aromatic rings. The Hall–Kier alpha value is -2.59. The first kappa shape index (κ1) is 22.7. The van der Waals surface area contributed by atoms with Crippen LogP contribution in [0.5, 0.6) is 5.75 Å². The lowest BCUT2D eigenvalue weighted by atomic mass is 10.1. The number of carbonyl (C=O) groups is 2. The number of anilines is 1. The normalized spacial score (nSPS) is 11.6. The van der Waals surface area contributed by atoms with E-state index in [0.717, 1.165) is 11.3 Å². The highest BCUT2D eigenvalue weighted by Gasteiger charge is 2.22. The minimum atomic E-state index is -3.62. The Morgan fingerprint density at radius 2 is 1.76 bits per heavy atom. The minimum Gasteiger partial charge on any atom is -0.482 e. The molecular formula is C19H24N2O6S2. The lowest BCUT2D eigenvalue weighted by molar-refractivity contribution is -0.150. The van der Waals surface area contributed by atoms with Gasteiger partial charge in [0.25, 0.3) is 15.9 Å². The molecule has 2 rings (SSSR count). The van der Waals surface area contributed by atoms with Gasteiger partial charge in [0, 0.05) is 12.6 Å². The molecule has 0 unspecified atom stereocenters. The first-order chi connectivity index (χ1) is 13.5. The number of nitrogens with one attached hydrogen (secondary N) is 1. The predicted octanol–water partition coefficient (Wildman–Crippen LogP) is 2.41. The maximum atomic E-state index is 12.5. The summed E-state index contributed by atoms with van der Waals surface area (Å²) in [6.45, 7) is 4.71. The molecular weight excluding hydrogens is 416 g/mol. The molecule has 0 saturated carbocycles. The zero-order valence-corrected chi connectivity index (χ0v) is 18.3. The van der Waals surface area contributed by atoms with Gasteiger partial charge in [-0.3, -0.25) is 9.10 Å². The Bertz CT molecular complexity index is 932. The summed E-state index contributed by atoms with van der Waals surface area (Å²) in [4.78, 5) is 23.3. The molecule has 1 heterocycles. The maximum Gasteiger partial charge on any atom is 0.344 e. The van der Waals surface area contributed by atoms with E-state index in [4.69, 9.17) is 9.47 Å². The van der Waals surface area contributed by atoms with Crippen LogP contribution >= 0.6 is 11.3 Å². The van der Waals surface area contributed by atoms with Crippen LogP contribution in [0.15, 0.2) is 46.0 Å². The predicted molar refractivity (Wildman–Crippen MR) is 111 cm³/mol. The van der Waals surface area contributed by atoms with Gasteiger partial charge < -0.3 is 14.8 Å². The molecule has 0 aliphatic carbocycles. The van der Waals surface area contributed by atoms with E-state index in [1.54, 1.807) is 41.8 Å². The van der Waals surface area contributed by atoms with E-state index in [9.17, 15) is 18.0 Å². The van der Waals surface area contributed by atoms with Crippen molar-refractivity contribution in [3.8, 4) is 5.75 Å². The summed E-state index contributed by atoms with van der Waals surface area (Å²) in [6, 6.07) is 9.46. The molecule has 29 heavy (non-hydrogen) atoms. The van der Waals surface area contributed by atoms with Crippen LogP contribution < -0.4 is 14.4 Å². The fraction of sp³-hybridized carbons (Fsp3) is 0.368. The number of amides is 1. The summed E-state index contributed by atoms with van der Waals surface area (Å²) < 4.78 is 36.6. The fourth-order valence-electron chi connectivity index (χ4n) is 2.22. The Kier molecular flexibility index (Phi) is 7.26. The summed E-state index contributed by atoms with van der Waals surface area (Å²) in [6.07, 6.45) is 0. The molecule has 1 N–H and O–H groups in total. The monoisotopic (exact) mass is 440 g/mol. The highest BCUT2D eigenvalue weighted by atomic mass is 32.2. The van der Waals surface area contributed by atoms with Gasteiger partial charge in [0.2, 0.25) is 0 Å². The van der Waals surface area contributed by atoms with Crippen LogP contribution in [-0.2, 0) is 24.3 Å². The van der Waals surface area contributed by atoms with Gasteiger partial charge in [-0.1, -0.05) is 6.07 Å². The minimum absolute atomic E-state index is 0.249. The van der Waals surface area contributed by atoms with E-state index in [1.165, 1.54) is 11.4 Å². The number of esters is 1. The highest BCUT2D eigenvalue weighted by Crippen LogP contribution is 2.26. The van der Waals surface area contributed by atoms with E-state index in [0.29, 0.717) is 11.4 Å². The van der Waals surface area contributed by atoms with E-state index in [1.807, 2.05) is 20.8 Å². The van der Waals surface area contributed by atoms with Crippen molar-refractivity contribution in [3.63, 3.8) is 0 Å². The maximum absolute atomic E-state index is 12.5. The van der Waals surface area contributed by atoms with Gasteiger partial charge in [0.05, 0.1) is 5.69 Å². The molecule has 0 atom stereocenters. The van der Waals surface area contributed by atoms with Crippen molar-refractivity contribution < 1.29 is 27.5 Å². The van der Waals surface area contributed by atoms with Gasteiger partial charge in [-0.05, 0) is 56.5 Å².